The monoisotopic (exact) mass is 392 g/mol. The number of anilines is 1. The average Bonchev–Trinajstić information content (AvgIpc) is 2.62. The van der Waals surface area contributed by atoms with Gasteiger partial charge in [-0.2, -0.15) is 0 Å². The van der Waals surface area contributed by atoms with Crippen LogP contribution in [0.2, 0.25) is 0 Å². The van der Waals surface area contributed by atoms with E-state index >= 15 is 0 Å². The molecule has 0 radical (unpaired) electrons. The largest absolute Gasteiger partial charge is 0.367 e. The number of ether oxygens (including phenoxy) is 1. The van der Waals surface area contributed by atoms with Crippen LogP contribution in [0.15, 0.2) is 48.5 Å². The smallest absolute Gasteiger partial charge is 0.254 e. The predicted molar refractivity (Wildman–Crippen MR) is 101 cm³/mol. The molecule has 0 aromatic heterocycles. The van der Waals surface area contributed by atoms with Crippen LogP contribution in [-0.4, -0.2) is 44.7 Å². The minimum absolute atomic E-state index is 0.165. The lowest BCUT2D eigenvalue weighted by Crippen LogP contribution is -2.46. The van der Waals surface area contributed by atoms with Crippen molar-refractivity contribution in [2.45, 2.75) is 19.1 Å². The summed E-state index contributed by atoms with van der Waals surface area (Å²) in [6.45, 7) is 2.64. The highest BCUT2D eigenvalue weighted by Crippen LogP contribution is 2.27. The van der Waals surface area contributed by atoms with Gasteiger partial charge in [0, 0.05) is 12.1 Å². The van der Waals surface area contributed by atoms with E-state index in [4.69, 9.17) is 4.74 Å². The van der Waals surface area contributed by atoms with Gasteiger partial charge >= 0.3 is 0 Å². The van der Waals surface area contributed by atoms with Crippen molar-refractivity contribution in [2.75, 3.05) is 24.1 Å². The Labute approximate surface area is 158 Å². The van der Waals surface area contributed by atoms with Gasteiger partial charge in [-0.25, -0.2) is 12.8 Å². The summed E-state index contributed by atoms with van der Waals surface area (Å²) >= 11 is 0. The van der Waals surface area contributed by atoms with Gasteiger partial charge in [0.1, 0.15) is 11.9 Å². The second-order valence-corrected chi connectivity index (χ2v) is 8.37. The molecule has 2 unspecified atom stereocenters. The molecule has 2 aromatic carbocycles. The second-order valence-electron chi connectivity index (χ2n) is 6.63. The minimum atomic E-state index is -3.66. The number of morpholine rings is 1. The minimum Gasteiger partial charge on any atom is -0.367 e. The number of hydrogen-bond donors (Lipinski definition) is 1. The fourth-order valence-electron chi connectivity index (χ4n) is 3.09. The molecule has 2 aromatic rings. The Kier molecular flexibility index (Phi) is 5.48. The number of sulfonamides is 1. The molecule has 1 aliphatic rings. The number of rotatable bonds is 4. The van der Waals surface area contributed by atoms with Crippen molar-refractivity contribution in [3.8, 4) is 0 Å². The molecule has 6 nitrogen and oxygen atoms in total. The number of hydrogen-bond acceptors (Lipinski definition) is 4. The lowest BCUT2D eigenvalue weighted by molar-refractivity contribution is -0.0691. The van der Waals surface area contributed by atoms with E-state index in [2.05, 4.69) is 4.72 Å². The zero-order chi connectivity index (χ0) is 19.6. The van der Waals surface area contributed by atoms with Gasteiger partial charge in [-0.3, -0.25) is 9.52 Å². The van der Waals surface area contributed by atoms with Crippen LogP contribution in [0.4, 0.5) is 10.1 Å². The molecule has 0 spiro atoms. The number of carbonyl (C=O) groups excluding carboxylic acids is 1. The zero-order valence-electron chi connectivity index (χ0n) is 15.1. The van der Waals surface area contributed by atoms with E-state index in [1.54, 1.807) is 4.90 Å². The molecule has 0 bridgehead atoms. The molecular formula is C19H21FN2O4S. The van der Waals surface area contributed by atoms with E-state index in [-0.39, 0.29) is 29.4 Å². The summed E-state index contributed by atoms with van der Waals surface area (Å²) in [5, 5.41) is 0. The standard InChI is InChI=1S/C19H21FN2O4S/c1-13-11-22(12-18(26-13)14-6-4-3-5-7-14)19(23)15-8-9-16(20)17(10-15)21-27(2,24)25/h3-10,13,18,21H,11-12H2,1-2H3. The fourth-order valence-corrected chi connectivity index (χ4v) is 3.64. The topological polar surface area (TPSA) is 75.7 Å². The molecule has 2 atom stereocenters. The Morgan fingerprint density at radius 2 is 1.89 bits per heavy atom. The Morgan fingerprint density at radius 3 is 2.56 bits per heavy atom. The lowest BCUT2D eigenvalue weighted by atomic mass is 10.1. The highest BCUT2D eigenvalue weighted by atomic mass is 32.2. The molecule has 27 heavy (non-hydrogen) atoms. The van der Waals surface area contributed by atoms with Crippen LogP contribution < -0.4 is 4.72 Å². The third-order valence-corrected chi connectivity index (χ3v) is 4.82. The van der Waals surface area contributed by atoms with Crippen LogP contribution in [0.3, 0.4) is 0 Å². The quantitative estimate of drug-likeness (QED) is 0.868. The van der Waals surface area contributed by atoms with Crippen LogP contribution in [0.5, 0.6) is 0 Å². The van der Waals surface area contributed by atoms with Crippen molar-refractivity contribution in [3.63, 3.8) is 0 Å². The molecule has 3 rings (SSSR count). The molecule has 8 heteroatoms. The number of nitrogens with zero attached hydrogens (tertiary/aromatic N) is 1. The van der Waals surface area contributed by atoms with Gasteiger partial charge < -0.3 is 9.64 Å². The predicted octanol–water partition coefficient (Wildman–Crippen LogP) is 2.80. The Morgan fingerprint density at radius 1 is 1.19 bits per heavy atom. The molecule has 1 heterocycles. The summed E-state index contributed by atoms with van der Waals surface area (Å²) in [6.07, 6.45) is 0.504. The van der Waals surface area contributed by atoms with Gasteiger partial charge in [-0.15, -0.1) is 0 Å². The molecule has 1 aliphatic heterocycles. The first-order chi connectivity index (χ1) is 12.7. The Balaban J connectivity index is 1.83. The lowest BCUT2D eigenvalue weighted by Gasteiger charge is -2.37. The molecule has 1 saturated heterocycles. The van der Waals surface area contributed by atoms with Gasteiger partial charge in [0.05, 0.1) is 24.6 Å². The first-order valence-corrected chi connectivity index (χ1v) is 10.4. The molecule has 1 fully saturated rings. The maximum absolute atomic E-state index is 13.9. The van der Waals surface area contributed by atoms with E-state index in [0.29, 0.717) is 13.1 Å². The molecule has 0 aliphatic carbocycles. The molecule has 1 amide bonds. The third-order valence-electron chi connectivity index (χ3n) is 4.23. The fraction of sp³-hybridized carbons (Fsp3) is 0.316. The Bertz CT molecular complexity index is 934. The van der Waals surface area contributed by atoms with E-state index in [0.717, 1.165) is 17.9 Å². The summed E-state index contributed by atoms with van der Waals surface area (Å²) in [7, 11) is -3.66. The SMILES string of the molecule is CC1CN(C(=O)c2ccc(F)c(NS(C)(=O)=O)c2)CC(c2ccccc2)O1. The van der Waals surface area contributed by atoms with Crippen LogP contribution in [0.1, 0.15) is 28.9 Å². The van der Waals surface area contributed by atoms with E-state index in [9.17, 15) is 17.6 Å². The number of benzene rings is 2. The maximum atomic E-state index is 13.9. The maximum Gasteiger partial charge on any atom is 0.254 e. The third kappa shape index (κ3) is 4.84. The number of carbonyl (C=O) groups is 1. The summed E-state index contributed by atoms with van der Waals surface area (Å²) in [5.74, 6) is -1.04. The molecule has 144 valence electrons. The number of nitrogens with one attached hydrogen (secondary N) is 1. The van der Waals surface area contributed by atoms with Crippen LogP contribution in [0, 0.1) is 5.82 Å². The molecule has 0 saturated carbocycles. The summed E-state index contributed by atoms with van der Waals surface area (Å²) in [4.78, 5) is 14.6. The van der Waals surface area contributed by atoms with Crippen molar-refractivity contribution in [3.05, 3.63) is 65.5 Å². The van der Waals surface area contributed by atoms with Crippen LogP contribution in [0.25, 0.3) is 0 Å². The summed E-state index contributed by atoms with van der Waals surface area (Å²) < 4.78 is 44.7. The van der Waals surface area contributed by atoms with Gasteiger partial charge in [0.2, 0.25) is 10.0 Å². The van der Waals surface area contributed by atoms with Crippen molar-refractivity contribution >= 4 is 21.6 Å². The van der Waals surface area contributed by atoms with Gasteiger partial charge in [0.15, 0.2) is 0 Å². The van der Waals surface area contributed by atoms with Crippen molar-refractivity contribution in [2.24, 2.45) is 0 Å². The van der Waals surface area contributed by atoms with E-state index in [1.807, 2.05) is 37.3 Å². The van der Waals surface area contributed by atoms with Crippen molar-refractivity contribution in [1.29, 1.82) is 0 Å². The first kappa shape index (κ1) is 19.3. The summed E-state index contributed by atoms with van der Waals surface area (Å²) in [6, 6.07) is 13.3. The van der Waals surface area contributed by atoms with E-state index in [1.165, 1.54) is 12.1 Å². The highest BCUT2D eigenvalue weighted by molar-refractivity contribution is 7.92. The van der Waals surface area contributed by atoms with E-state index < -0.39 is 15.8 Å². The Hall–Kier alpha value is -2.45. The second kappa shape index (κ2) is 7.66. The zero-order valence-corrected chi connectivity index (χ0v) is 15.9. The number of amides is 1. The van der Waals surface area contributed by atoms with Crippen LogP contribution in [-0.2, 0) is 14.8 Å². The molecule has 1 N–H and O–H groups in total. The first-order valence-electron chi connectivity index (χ1n) is 8.50. The van der Waals surface area contributed by atoms with Gasteiger partial charge in [-0.05, 0) is 30.7 Å². The van der Waals surface area contributed by atoms with Gasteiger partial charge in [-0.1, -0.05) is 30.3 Å². The highest BCUT2D eigenvalue weighted by Gasteiger charge is 2.30. The average molecular weight is 392 g/mol. The van der Waals surface area contributed by atoms with Crippen molar-refractivity contribution < 1.29 is 22.3 Å². The number of halogens is 1. The van der Waals surface area contributed by atoms with Gasteiger partial charge in [0.25, 0.3) is 5.91 Å². The molecular weight excluding hydrogens is 371 g/mol. The summed E-state index contributed by atoms with van der Waals surface area (Å²) in [5.41, 5.74) is 0.938. The van der Waals surface area contributed by atoms with Crippen LogP contribution >= 0.6 is 0 Å². The normalized spacial score (nSPS) is 20.3. The van der Waals surface area contributed by atoms with Crippen molar-refractivity contribution in [1.82, 2.24) is 4.90 Å².